The van der Waals surface area contributed by atoms with Crippen molar-refractivity contribution in [1.29, 1.82) is 0 Å². The smallest absolute Gasteiger partial charge is 0.327 e. The molecule has 0 saturated heterocycles. The average Bonchev–Trinajstić information content (AvgIpc) is 2.44. The molecule has 1 saturated carbocycles. The van der Waals surface area contributed by atoms with E-state index in [1.807, 2.05) is 6.92 Å². The molecule has 1 aromatic heterocycles. The highest BCUT2D eigenvalue weighted by Gasteiger charge is 2.30. The summed E-state index contributed by atoms with van der Waals surface area (Å²) in [6.45, 7) is 2.40. The molecule has 1 aromatic rings. The molecular formula is C13H18ClN3O4. The van der Waals surface area contributed by atoms with Crippen molar-refractivity contribution in [2.75, 3.05) is 19.0 Å². The standard InChI is InChI=1S/C13H18ClN3O4/c1-3-21-9-4-8(5-9)16-10-6-15-17(7-11(18)20-2)13(19)12(10)14/h6,8-9,16H,3-5,7H2,1-2H3. The Morgan fingerprint density at radius 2 is 2.29 bits per heavy atom. The Labute approximate surface area is 127 Å². The molecule has 0 unspecified atom stereocenters. The van der Waals surface area contributed by atoms with Gasteiger partial charge in [0.2, 0.25) is 0 Å². The summed E-state index contributed by atoms with van der Waals surface area (Å²) in [6, 6.07) is 0.219. The fourth-order valence-electron chi connectivity index (χ4n) is 2.14. The van der Waals surface area contributed by atoms with E-state index in [9.17, 15) is 9.59 Å². The van der Waals surface area contributed by atoms with Crippen molar-refractivity contribution >= 4 is 23.3 Å². The van der Waals surface area contributed by atoms with Crippen molar-refractivity contribution in [3.8, 4) is 0 Å². The van der Waals surface area contributed by atoms with Crippen LogP contribution in [0.1, 0.15) is 19.8 Å². The molecule has 0 atom stereocenters. The van der Waals surface area contributed by atoms with Crippen LogP contribution in [0.4, 0.5) is 5.69 Å². The third-order valence-corrected chi connectivity index (χ3v) is 3.71. The number of hydrogen-bond donors (Lipinski definition) is 1. The maximum Gasteiger partial charge on any atom is 0.327 e. The first-order chi connectivity index (χ1) is 10.0. The van der Waals surface area contributed by atoms with Crippen LogP contribution in [0.5, 0.6) is 0 Å². The van der Waals surface area contributed by atoms with Gasteiger partial charge in [-0.05, 0) is 19.8 Å². The number of methoxy groups -OCH3 is 1. The third-order valence-electron chi connectivity index (χ3n) is 3.35. The number of aromatic nitrogens is 2. The Hall–Kier alpha value is -1.60. The van der Waals surface area contributed by atoms with Crippen LogP contribution >= 0.6 is 11.6 Å². The maximum absolute atomic E-state index is 12.0. The molecular weight excluding hydrogens is 298 g/mol. The third kappa shape index (κ3) is 3.74. The monoisotopic (exact) mass is 315 g/mol. The Morgan fingerprint density at radius 1 is 1.57 bits per heavy atom. The number of carbonyl (C=O) groups excluding carboxylic acids is 1. The summed E-state index contributed by atoms with van der Waals surface area (Å²) in [5, 5.41) is 7.11. The second-order valence-electron chi connectivity index (χ2n) is 4.80. The van der Waals surface area contributed by atoms with Crippen molar-refractivity contribution in [3.63, 3.8) is 0 Å². The highest BCUT2D eigenvalue weighted by Crippen LogP contribution is 2.28. The first-order valence-corrected chi connectivity index (χ1v) is 7.13. The normalized spacial score (nSPS) is 20.7. The van der Waals surface area contributed by atoms with E-state index in [1.165, 1.54) is 13.3 Å². The Balaban J connectivity index is 2.01. The predicted octanol–water partition coefficient (Wildman–Crippen LogP) is 1.05. The van der Waals surface area contributed by atoms with Gasteiger partial charge in [0.1, 0.15) is 11.6 Å². The van der Waals surface area contributed by atoms with E-state index in [-0.39, 0.29) is 23.7 Å². The largest absolute Gasteiger partial charge is 0.468 e. The highest BCUT2D eigenvalue weighted by atomic mass is 35.5. The van der Waals surface area contributed by atoms with Crippen molar-refractivity contribution in [3.05, 3.63) is 21.6 Å². The van der Waals surface area contributed by atoms with Gasteiger partial charge in [-0.2, -0.15) is 5.10 Å². The minimum atomic E-state index is -0.556. The second kappa shape index (κ2) is 6.91. The molecule has 0 aliphatic heterocycles. The summed E-state index contributed by atoms with van der Waals surface area (Å²) in [5.41, 5.74) is -0.0459. The van der Waals surface area contributed by atoms with Gasteiger partial charge in [0, 0.05) is 12.6 Å². The first-order valence-electron chi connectivity index (χ1n) is 6.75. The number of halogens is 1. The zero-order chi connectivity index (χ0) is 15.4. The van der Waals surface area contributed by atoms with E-state index in [0.717, 1.165) is 17.5 Å². The molecule has 1 aliphatic carbocycles. The fraction of sp³-hybridized carbons (Fsp3) is 0.615. The highest BCUT2D eigenvalue weighted by molar-refractivity contribution is 6.32. The van der Waals surface area contributed by atoms with Gasteiger partial charge < -0.3 is 14.8 Å². The van der Waals surface area contributed by atoms with Gasteiger partial charge in [-0.3, -0.25) is 9.59 Å². The molecule has 1 fully saturated rings. The Bertz CT molecular complexity index is 569. The van der Waals surface area contributed by atoms with Crippen LogP contribution in [-0.2, 0) is 20.8 Å². The fourth-order valence-corrected chi connectivity index (χ4v) is 2.34. The molecule has 0 spiro atoms. The predicted molar refractivity (Wildman–Crippen MR) is 77.6 cm³/mol. The van der Waals surface area contributed by atoms with Crippen LogP contribution in [0.15, 0.2) is 11.0 Å². The van der Waals surface area contributed by atoms with E-state index < -0.39 is 11.5 Å². The first kappa shape index (κ1) is 15.8. The number of carbonyl (C=O) groups is 1. The molecule has 1 heterocycles. The lowest BCUT2D eigenvalue weighted by Gasteiger charge is -2.36. The molecule has 0 radical (unpaired) electrons. The zero-order valence-corrected chi connectivity index (χ0v) is 12.7. The second-order valence-corrected chi connectivity index (χ2v) is 5.18. The SMILES string of the molecule is CCOC1CC(Nc2cnn(CC(=O)OC)c(=O)c2Cl)C1. The van der Waals surface area contributed by atoms with Crippen LogP contribution in [0.2, 0.25) is 5.02 Å². The van der Waals surface area contributed by atoms with Crippen LogP contribution in [0, 0.1) is 0 Å². The number of esters is 1. The summed E-state index contributed by atoms with van der Waals surface area (Å²) in [4.78, 5) is 23.2. The van der Waals surface area contributed by atoms with Gasteiger partial charge in [-0.15, -0.1) is 0 Å². The van der Waals surface area contributed by atoms with Crippen LogP contribution in [0.3, 0.4) is 0 Å². The molecule has 21 heavy (non-hydrogen) atoms. The summed E-state index contributed by atoms with van der Waals surface area (Å²) in [6.07, 6.45) is 3.45. The number of rotatable bonds is 6. The minimum Gasteiger partial charge on any atom is -0.468 e. The van der Waals surface area contributed by atoms with Crippen LogP contribution in [0.25, 0.3) is 0 Å². The number of hydrogen-bond acceptors (Lipinski definition) is 6. The molecule has 0 bridgehead atoms. The lowest BCUT2D eigenvalue weighted by molar-refractivity contribution is -0.141. The molecule has 7 nitrogen and oxygen atoms in total. The van der Waals surface area contributed by atoms with Crippen molar-refractivity contribution in [2.24, 2.45) is 0 Å². The van der Waals surface area contributed by atoms with Crippen LogP contribution in [-0.4, -0.2) is 41.6 Å². The molecule has 116 valence electrons. The van der Waals surface area contributed by atoms with Gasteiger partial charge >= 0.3 is 5.97 Å². The molecule has 1 aliphatic rings. The molecule has 0 aromatic carbocycles. The Morgan fingerprint density at radius 3 is 2.90 bits per heavy atom. The van der Waals surface area contributed by atoms with E-state index in [0.29, 0.717) is 12.3 Å². The molecule has 2 rings (SSSR count). The van der Waals surface area contributed by atoms with Gasteiger partial charge in [0.25, 0.3) is 5.56 Å². The topological polar surface area (TPSA) is 82.4 Å². The van der Waals surface area contributed by atoms with E-state index in [4.69, 9.17) is 16.3 Å². The summed E-state index contributed by atoms with van der Waals surface area (Å²) >= 11 is 6.03. The van der Waals surface area contributed by atoms with Gasteiger partial charge in [0.05, 0.1) is 25.1 Å². The van der Waals surface area contributed by atoms with E-state index in [1.54, 1.807) is 0 Å². The average molecular weight is 316 g/mol. The van der Waals surface area contributed by atoms with Gasteiger partial charge in [-0.25, -0.2) is 4.68 Å². The Kier molecular flexibility index (Phi) is 5.19. The molecule has 8 heteroatoms. The molecule has 0 amide bonds. The number of ether oxygens (including phenoxy) is 2. The van der Waals surface area contributed by atoms with Crippen molar-refractivity contribution in [2.45, 2.75) is 38.5 Å². The maximum atomic E-state index is 12.0. The zero-order valence-electron chi connectivity index (χ0n) is 12.0. The number of nitrogens with one attached hydrogen (secondary N) is 1. The van der Waals surface area contributed by atoms with Crippen molar-refractivity contribution < 1.29 is 14.3 Å². The number of nitrogens with zero attached hydrogens (tertiary/aromatic N) is 2. The number of anilines is 1. The lowest BCUT2D eigenvalue weighted by atomic mass is 9.89. The van der Waals surface area contributed by atoms with Crippen molar-refractivity contribution in [1.82, 2.24) is 9.78 Å². The summed E-state index contributed by atoms with van der Waals surface area (Å²) < 4.78 is 10.9. The van der Waals surface area contributed by atoms with Gasteiger partial charge in [0.15, 0.2) is 0 Å². The summed E-state index contributed by atoms with van der Waals surface area (Å²) in [7, 11) is 1.25. The molecule has 1 N–H and O–H groups in total. The van der Waals surface area contributed by atoms with Gasteiger partial charge in [-0.1, -0.05) is 11.6 Å². The van der Waals surface area contributed by atoms with E-state index >= 15 is 0 Å². The van der Waals surface area contributed by atoms with E-state index in [2.05, 4.69) is 15.2 Å². The quantitative estimate of drug-likeness (QED) is 0.790. The summed E-state index contributed by atoms with van der Waals surface area (Å²) in [5.74, 6) is -0.556. The van der Waals surface area contributed by atoms with Crippen LogP contribution < -0.4 is 10.9 Å². The minimum absolute atomic E-state index is 0.0220. The lowest BCUT2D eigenvalue weighted by Crippen LogP contribution is -2.41.